The molecule has 2 aromatic heterocycles. The fourth-order valence-corrected chi connectivity index (χ4v) is 8.48. The minimum absolute atomic E-state index is 0.864. The zero-order valence-electron chi connectivity index (χ0n) is 29.9. The molecule has 258 valence electrons. The Bertz CT molecular complexity index is 3140. The lowest BCUT2D eigenvalue weighted by Crippen LogP contribution is -2.10. The summed E-state index contributed by atoms with van der Waals surface area (Å²) in [6, 6.07) is 73.9. The highest BCUT2D eigenvalue weighted by molar-refractivity contribution is 6.12. The van der Waals surface area contributed by atoms with Crippen LogP contribution in [-0.4, -0.2) is 4.57 Å². The van der Waals surface area contributed by atoms with Crippen molar-refractivity contribution in [3.8, 4) is 27.9 Å². The first-order valence-electron chi connectivity index (χ1n) is 18.8. The van der Waals surface area contributed by atoms with Crippen molar-refractivity contribution in [2.75, 3.05) is 4.90 Å². The van der Waals surface area contributed by atoms with Crippen LogP contribution in [0.2, 0.25) is 0 Å². The molecule has 55 heavy (non-hydrogen) atoms. The lowest BCUT2D eigenvalue weighted by Gasteiger charge is -2.26. The molecule has 11 aromatic rings. The van der Waals surface area contributed by atoms with Gasteiger partial charge in [-0.25, -0.2) is 0 Å². The van der Waals surface area contributed by atoms with Crippen LogP contribution in [0.3, 0.4) is 0 Å². The van der Waals surface area contributed by atoms with Crippen LogP contribution in [0.1, 0.15) is 0 Å². The van der Waals surface area contributed by atoms with E-state index < -0.39 is 0 Å². The maximum absolute atomic E-state index is 6.62. The Hall–Kier alpha value is -7.36. The highest BCUT2D eigenvalue weighted by Crippen LogP contribution is 2.44. The van der Waals surface area contributed by atoms with Crippen LogP contribution in [0, 0.1) is 0 Å². The number of hydrogen-bond acceptors (Lipinski definition) is 2. The van der Waals surface area contributed by atoms with Crippen LogP contribution < -0.4 is 4.90 Å². The first-order chi connectivity index (χ1) is 27.3. The summed E-state index contributed by atoms with van der Waals surface area (Å²) in [5.74, 6) is 0. The molecule has 0 bridgehead atoms. The van der Waals surface area contributed by atoms with Gasteiger partial charge < -0.3 is 13.9 Å². The average Bonchev–Trinajstić information content (AvgIpc) is 3.81. The molecule has 0 aliphatic carbocycles. The summed E-state index contributed by atoms with van der Waals surface area (Å²) in [7, 11) is 0. The number of aromatic nitrogens is 1. The van der Waals surface area contributed by atoms with Crippen LogP contribution in [0.5, 0.6) is 0 Å². The molecule has 0 N–H and O–H groups in total. The largest absolute Gasteiger partial charge is 0.454 e. The fourth-order valence-electron chi connectivity index (χ4n) is 8.48. The Morgan fingerprint density at radius 3 is 1.62 bits per heavy atom. The van der Waals surface area contributed by atoms with Crippen molar-refractivity contribution in [3.63, 3.8) is 0 Å². The molecule has 0 fully saturated rings. The molecule has 0 saturated heterocycles. The van der Waals surface area contributed by atoms with Gasteiger partial charge >= 0.3 is 0 Å². The summed E-state index contributed by atoms with van der Waals surface area (Å²) in [6.07, 6.45) is 0. The highest BCUT2D eigenvalue weighted by Gasteiger charge is 2.21. The van der Waals surface area contributed by atoms with Gasteiger partial charge in [0.15, 0.2) is 5.58 Å². The van der Waals surface area contributed by atoms with Crippen molar-refractivity contribution in [3.05, 3.63) is 206 Å². The van der Waals surface area contributed by atoms with Crippen LogP contribution in [-0.2, 0) is 0 Å². The van der Waals surface area contributed by atoms with Crippen molar-refractivity contribution in [1.82, 2.24) is 4.57 Å². The van der Waals surface area contributed by atoms with E-state index in [2.05, 4.69) is 204 Å². The van der Waals surface area contributed by atoms with Crippen molar-refractivity contribution < 1.29 is 4.42 Å². The molecular weight excluding hydrogens is 669 g/mol. The van der Waals surface area contributed by atoms with Gasteiger partial charge in [0.25, 0.3) is 0 Å². The van der Waals surface area contributed by atoms with Crippen molar-refractivity contribution in [2.45, 2.75) is 0 Å². The van der Waals surface area contributed by atoms with Gasteiger partial charge in [-0.2, -0.15) is 0 Å². The first-order valence-corrected chi connectivity index (χ1v) is 18.8. The number of furan rings is 1. The fraction of sp³-hybridized carbons (Fsp3) is 0. The quantitative estimate of drug-likeness (QED) is 0.172. The number of para-hydroxylation sites is 4. The zero-order chi connectivity index (χ0) is 36.3. The molecular formula is C52H34N2O. The van der Waals surface area contributed by atoms with Gasteiger partial charge in [0, 0.05) is 38.5 Å². The van der Waals surface area contributed by atoms with Crippen LogP contribution in [0.25, 0.3) is 82.5 Å². The van der Waals surface area contributed by atoms with Gasteiger partial charge in [0.05, 0.1) is 22.4 Å². The van der Waals surface area contributed by atoms with E-state index in [1.807, 2.05) is 12.1 Å². The Kier molecular flexibility index (Phi) is 7.17. The molecule has 0 amide bonds. The van der Waals surface area contributed by atoms with Gasteiger partial charge in [-0.15, -0.1) is 0 Å². The first kappa shape index (κ1) is 31.2. The van der Waals surface area contributed by atoms with Gasteiger partial charge in [-0.05, 0) is 82.1 Å². The molecule has 9 aromatic carbocycles. The third kappa shape index (κ3) is 5.05. The van der Waals surface area contributed by atoms with Crippen molar-refractivity contribution in [1.29, 1.82) is 0 Å². The van der Waals surface area contributed by atoms with E-state index in [4.69, 9.17) is 4.42 Å². The summed E-state index contributed by atoms with van der Waals surface area (Å²) in [4.78, 5) is 2.32. The Morgan fingerprint density at radius 1 is 0.364 bits per heavy atom. The summed E-state index contributed by atoms with van der Waals surface area (Å²) < 4.78 is 9.06. The normalized spacial score (nSPS) is 11.6. The predicted molar refractivity (Wildman–Crippen MR) is 231 cm³/mol. The second-order valence-corrected chi connectivity index (χ2v) is 14.1. The van der Waals surface area contributed by atoms with Gasteiger partial charge in [-0.1, -0.05) is 152 Å². The summed E-state index contributed by atoms with van der Waals surface area (Å²) in [5, 5.41) is 7.14. The summed E-state index contributed by atoms with van der Waals surface area (Å²) >= 11 is 0. The number of anilines is 3. The molecule has 0 saturated carbocycles. The number of rotatable bonds is 6. The Morgan fingerprint density at radius 2 is 0.909 bits per heavy atom. The molecule has 11 rings (SSSR count). The highest BCUT2D eigenvalue weighted by atomic mass is 16.3. The number of fused-ring (bicyclic) bond motifs is 7. The Labute approximate surface area is 318 Å². The number of nitrogens with zero attached hydrogens (tertiary/aromatic N) is 2. The topological polar surface area (TPSA) is 21.3 Å². The minimum atomic E-state index is 0.864. The molecule has 0 aliphatic rings. The van der Waals surface area contributed by atoms with Gasteiger partial charge in [-0.3, -0.25) is 0 Å². The second kappa shape index (κ2) is 12.6. The van der Waals surface area contributed by atoms with E-state index in [0.717, 1.165) is 50.3 Å². The molecule has 0 spiro atoms. The standard InChI is InChI=1S/C52H34N2O/c1-2-13-35(14-3-1)36-25-30-39(31-26-36)53(49-23-12-20-45-44-19-8-11-24-50(44)55-52(45)49)40-32-27-38(28-33-40)51-41-16-5-4-15-37(41)29-34-48(51)54-46-21-9-6-17-42(46)43-18-7-10-22-47(43)54/h1-34H. The summed E-state index contributed by atoms with van der Waals surface area (Å²) in [5.41, 5.74) is 13.1. The van der Waals surface area contributed by atoms with E-state index in [-0.39, 0.29) is 0 Å². The molecule has 3 nitrogen and oxygen atoms in total. The zero-order valence-corrected chi connectivity index (χ0v) is 29.9. The Balaban J connectivity index is 1.11. The van der Waals surface area contributed by atoms with Crippen LogP contribution in [0.15, 0.2) is 211 Å². The van der Waals surface area contributed by atoms with Crippen molar-refractivity contribution >= 4 is 71.6 Å². The lowest BCUT2D eigenvalue weighted by molar-refractivity contribution is 0.669. The second-order valence-electron chi connectivity index (χ2n) is 14.1. The number of hydrogen-bond donors (Lipinski definition) is 0. The SMILES string of the molecule is c1ccc(-c2ccc(N(c3ccc(-c4c(-n5c6ccccc6c6ccccc65)ccc5ccccc45)cc3)c3cccc4c3oc3ccccc34)cc2)cc1. The molecule has 3 heteroatoms. The van der Waals surface area contributed by atoms with E-state index >= 15 is 0 Å². The maximum atomic E-state index is 6.62. The third-order valence-electron chi connectivity index (χ3n) is 11.0. The van der Waals surface area contributed by atoms with E-state index in [1.165, 1.54) is 49.3 Å². The van der Waals surface area contributed by atoms with E-state index in [0.29, 0.717) is 0 Å². The monoisotopic (exact) mass is 702 g/mol. The average molecular weight is 703 g/mol. The third-order valence-corrected chi connectivity index (χ3v) is 11.0. The molecule has 0 aliphatic heterocycles. The van der Waals surface area contributed by atoms with E-state index in [1.54, 1.807) is 0 Å². The molecule has 0 atom stereocenters. The number of benzene rings is 9. The summed E-state index contributed by atoms with van der Waals surface area (Å²) in [6.45, 7) is 0. The molecule has 0 unspecified atom stereocenters. The lowest BCUT2D eigenvalue weighted by atomic mass is 9.95. The van der Waals surface area contributed by atoms with Gasteiger partial charge in [0.2, 0.25) is 0 Å². The van der Waals surface area contributed by atoms with E-state index in [9.17, 15) is 0 Å². The maximum Gasteiger partial charge on any atom is 0.159 e. The smallest absolute Gasteiger partial charge is 0.159 e. The molecule has 0 radical (unpaired) electrons. The van der Waals surface area contributed by atoms with Crippen LogP contribution in [0.4, 0.5) is 17.1 Å². The van der Waals surface area contributed by atoms with Crippen LogP contribution >= 0.6 is 0 Å². The predicted octanol–water partition coefficient (Wildman–Crippen LogP) is 14.6. The molecule has 2 heterocycles. The van der Waals surface area contributed by atoms with Gasteiger partial charge in [0.1, 0.15) is 5.58 Å². The minimum Gasteiger partial charge on any atom is -0.454 e. The van der Waals surface area contributed by atoms with Crippen molar-refractivity contribution in [2.24, 2.45) is 0 Å².